The molecular weight excluding hydrogens is 1070 g/mol. The summed E-state index contributed by atoms with van der Waals surface area (Å²) in [6.07, 6.45) is 0. The van der Waals surface area contributed by atoms with Crippen molar-refractivity contribution in [3.8, 4) is 0 Å². The van der Waals surface area contributed by atoms with Crippen LogP contribution in [0.15, 0.2) is 0 Å². The first-order valence-corrected chi connectivity index (χ1v) is 0. The van der Waals surface area contributed by atoms with Crippen molar-refractivity contribution in [2.75, 3.05) is 0 Å². The molecule has 0 aromatic carbocycles. The molecule has 0 aliphatic heterocycles. The molecule has 26 heavy (non-hydrogen) atoms. The zero-order chi connectivity index (χ0) is 0. The van der Waals surface area contributed by atoms with Crippen molar-refractivity contribution in [3.05, 3.63) is 0 Å². The molecule has 0 bridgehead atoms. The molecule has 0 amide bonds. The summed E-state index contributed by atoms with van der Waals surface area (Å²) in [5.74, 6) is 0. The Labute approximate surface area is 921 Å². The summed E-state index contributed by atoms with van der Waals surface area (Å²) in [5, 5.41) is 0. The van der Waals surface area contributed by atoms with E-state index >= 15 is 0 Å². The largest absolute Gasteiger partial charge is 0 e. The van der Waals surface area contributed by atoms with Gasteiger partial charge in [0, 0.05) is 17.1 Å². The first-order chi connectivity index (χ1) is 0. The fraction of sp³-hybridized carbons (Fsp3) is 0. The van der Waals surface area contributed by atoms with Gasteiger partial charge in [-0.1, -0.05) is 0 Å². The van der Waals surface area contributed by atoms with Gasteiger partial charge < -0.3 is 0 Å². The zero-order valence-electron chi connectivity index (χ0n) is 0.302. The van der Waals surface area contributed by atoms with Crippen LogP contribution in [0.3, 0.4) is 0 Å². The van der Waals surface area contributed by atoms with E-state index in [1.54, 1.807) is 0 Å². The van der Waals surface area contributed by atoms with E-state index in [9.17, 15) is 0 Å². The van der Waals surface area contributed by atoms with Crippen molar-refractivity contribution in [2.45, 2.75) is 0 Å². The van der Waals surface area contributed by atoms with Crippen LogP contribution >= 0.6 is 0 Å². The summed E-state index contributed by atoms with van der Waals surface area (Å²) in [6.45, 7) is 0. The van der Waals surface area contributed by atoms with Gasteiger partial charge in [0.05, 0.1) is 0 Å². The molecule has 0 spiro atoms. The monoisotopic (exact) mass is 1110 g/mol. The summed E-state index contributed by atoms with van der Waals surface area (Å²) in [5.41, 5.74) is 0. The maximum atomic E-state index is 0. The number of hydrogen-bond acceptors (Lipinski definition) is 0. The van der Waals surface area contributed by atoms with Crippen LogP contribution < -0.4 is 0 Å². The minimum atomic E-state index is 0. The van der Waals surface area contributed by atoms with Gasteiger partial charge in [-0.3, -0.25) is 0 Å². The molecule has 0 atom stereocenters. The summed E-state index contributed by atoms with van der Waals surface area (Å²) >= 11 is 0. The molecule has 0 heterocycles. The Kier molecular flexibility index (Phi) is 1240. The first kappa shape index (κ1) is 184. The van der Waals surface area contributed by atoms with Gasteiger partial charge in [-0.25, -0.2) is 0 Å². The van der Waals surface area contributed by atoms with Crippen molar-refractivity contribution < 1.29 is 17.1 Å². The predicted molar refractivity (Wildman–Crippen MR) is 214 cm³/mol. The zero-order valence-corrected chi connectivity index (χ0v) is 1.24. The Hall–Kier alpha value is 32.0. The molecule has 0 aliphatic rings. The van der Waals surface area contributed by atoms with Crippen LogP contribution in [0.5, 0.6) is 0 Å². The molecule has 26 heteroatoms. The second kappa shape index (κ2) is 175. The van der Waals surface area contributed by atoms with Gasteiger partial charge in [0.25, 0.3) is 0 Å². The van der Waals surface area contributed by atoms with E-state index in [0.29, 0.717) is 0 Å². The molecule has 0 nitrogen and oxygen atoms in total. The Morgan fingerprint density at radius 3 is 0.0769 bits per heavy atom. The van der Waals surface area contributed by atoms with E-state index in [2.05, 4.69) is 0 Å². The Bertz CT molecular complexity index is 6.12. The number of rotatable bonds is 0. The van der Waals surface area contributed by atoms with Crippen LogP contribution in [-0.4, -0.2) is 943 Å². The second-order valence-electron chi connectivity index (χ2n) is 0. The normalized spacial score (nSPS) is 0. The standard InChI is InChI=1S/25Ca.Cu.50H. The number of hydrogen-bond donors (Lipinski definition) is 0. The average molecular weight is 1120 g/mol. The van der Waals surface area contributed by atoms with E-state index in [-0.39, 0.29) is 961 Å². The van der Waals surface area contributed by atoms with Gasteiger partial charge in [0.2, 0.25) is 0 Å². The van der Waals surface area contributed by atoms with E-state index in [1.165, 1.54) is 0 Å². The Morgan fingerprint density at radius 2 is 0.0769 bits per heavy atom. The third-order valence-electron chi connectivity index (χ3n) is 0. The molecule has 0 aromatic rings. The van der Waals surface area contributed by atoms with Crippen LogP contribution in [0.25, 0.3) is 0 Å². The molecule has 0 unspecified atom stereocenters. The average Bonchev–Trinajstić information content (AvgIpc) is 0. The van der Waals surface area contributed by atoms with Crippen molar-refractivity contribution >= 4 is 943 Å². The molecule has 1 radical (unpaired) electrons. The third kappa shape index (κ3) is 165. The molecule has 0 aliphatic carbocycles. The van der Waals surface area contributed by atoms with Gasteiger partial charge in [0.1, 0.15) is 0 Å². The van der Waals surface area contributed by atoms with Crippen molar-refractivity contribution in [1.29, 1.82) is 0 Å². The smallest absolute Gasteiger partial charge is 0 e. The van der Waals surface area contributed by atoms with Crippen LogP contribution in [0.1, 0.15) is 0 Å². The van der Waals surface area contributed by atoms with E-state index in [1.807, 2.05) is 0 Å². The van der Waals surface area contributed by atoms with Crippen molar-refractivity contribution in [3.63, 3.8) is 0 Å². The fourth-order valence-corrected chi connectivity index (χ4v) is 0. The van der Waals surface area contributed by atoms with Gasteiger partial charge in [-0.05, 0) is 0 Å². The topological polar surface area (TPSA) is 0 Å². The molecular formula is H50Ca25Cu. The van der Waals surface area contributed by atoms with Gasteiger partial charge >= 0.3 is 943 Å². The predicted octanol–water partition coefficient (Wildman–Crippen LogP) is -22.9. The van der Waals surface area contributed by atoms with Crippen molar-refractivity contribution in [1.82, 2.24) is 0 Å². The third-order valence-corrected chi connectivity index (χ3v) is 0. The Balaban J connectivity index is 0. The SMILES string of the molecule is [CaH2].[CaH2].[CaH2].[CaH2].[CaH2].[CaH2].[CaH2].[CaH2].[CaH2].[CaH2].[CaH2].[CaH2].[CaH2].[CaH2].[CaH2].[CaH2].[CaH2].[CaH2].[CaH2].[CaH2].[CaH2].[CaH2].[CaH2].[CaH2].[CaH2].[Cu]. The van der Waals surface area contributed by atoms with Crippen LogP contribution in [0.2, 0.25) is 0 Å². The van der Waals surface area contributed by atoms with Crippen LogP contribution in [-0.2, 0) is 17.1 Å². The first-order valence-electron chi connectivity index (χ1n) is 0. The molecule has 0 saturated carbocycles. The molecule has 0 fully saturated rings. The van der Waals surface area contributed by atoms with Gasteiger partial charge in [0.15, 0.2) is 0 Å². The molecule has 0 aromatic heterocycles. The molecule has 0 rings (SSSR count). The minimum Gasteiger partial charge on any atom is 0 e. The van der Waals surface area contributed by atoms with Crippen LogP contribution in [0.4, 0.5) is 0 Å². The van der Waals surface area contributed by atoms with Crippen LogP contribution in [0, 0.1) is 0 Å². The summed E-state index contributed by atoms with van der Waals surface area (Å²) < 4.78 is 0. The quantitative estimate of drug-likeness (QED) is 0.212. The summed E-state index contributed by atoms with van der Waals surface area (Å²) in [7, 11) is 0. The summed E-state index contributed by atoms with van der Waals surface area (Å²) in [4.78, 5) is 0. The van der Waals surface area contributed by atoms with E-state index < -0.39 is 0 Å². The second-order valence-corrected chi connectivity index (χ2v) is 0. The van der Waals surface area contributed by atoms with Gasteiger partial charge in [-0.2, -0.15) is 0 Å². The van der Waals surface area contributed by atoms with Crippen molar-refractivity contribution in [2.24, 2.45) is 0 Å². The maximum Gasteiger partial charge on any atom is 0 e. The van der Waals surface area contributed by atoms with Gasteiger partial charge in [-0.15, -0.1) is 0 Å². The van der Waals surface area contributed by atoms with E-state index in [4.69, 9.17) is 0 Å². The Morgan fingerprint density at radius 1 is 0.0769 bits per heavy atom. The molecule has 0 N–H and O–H groups in total. The molecule has 111 valence electrons. The summed E-state index contributed by atoms with van der Waals surface area (Å²) in [6, 6.07) is 0. The maximum absolute atomic E-state index is 0. The van der Waals surface area contributed by atoms with E-state index in [0.717, 1.165) is 0 Å². The minimum absolute atomic E-state index is 0. The molecule has 0 saturated heterocycles. The fourth-order valence-electron chi connectivity index (χ4n) is 0.